The summed E-state index contributed by atoms with van der Waals surface area (Å²) in [6.45, 7) is 7.65. The van der Waals surface area contributed by atoms with Gasteiger partial charge >= 0.3 is 0 Å². The van der Waals surface area contributed by atoms with Gasteiger partial charge in [0.25, 0.3) is 0 Å². The third-order valence-electron chi connectivity index (χ3n) is 5.29. The molecule has 2 amide bonds. The summed E-state index contributed by atoms with van der Waals surface area (Å²) in [5.41, 5.74) is 5.71. The molecule has 0 aromatic carbocycles. The highest BCUT2D eigenvalue weighted by Gasteiger charge is 2.24. The summed E-state index contributed by atoms with van der Waals surface area (Å²) >= 11 is 0. The normalized spacial score (nSPS) is 24.8. The number of nitrogens with two attached hydrogens (primary N) is 1. The van der Waals surface area contributed by atoms with Gasteiger partial charge in [-0.05, 0) is 44.9 Å². The minimum atomic E-state index is 0. The average molecular weight is 411 g/mol. The van der Waals surface area contributed by atoms with Gasteiger partial charge < -0.3 is 16.0 Å². The summed E-state index contributed by atoms with van der Waals surface area (Å²) in [7, 11) is 0. The molecule has 1 atom stereocenters. The van der Waals surface area contributed by atoms with Crippen molar-refractivity contribution in [1.29, 1.82) is 0 Å². The molecular formula is C18H36Cl2N4O2. The van der Waals surface area contributed by atoms with E-state index in [9.17, 15) is 9.59 Å². The van der Waals surface area contributed by atoms with Crippen LogP contribution in [-0.2, 0) is 9.59 Å². The Morgan fingerprint density at radius 1 is 1.08 bits per heavy atom. The van der Waals surface area contributed by atoms with Crippen LogP contribution in [0.15, 0.2) is 0 Å². The molecule has 1 heterocycles. The molecule has 1 aliphatic heterocycles. The lowest BCUT2D eigenvalue weighted by molar-refractivity contribution is -0.133. The van der Waals surface area contributed by atoms with Crippen LogP contribution in [0.5, 0.6) is 0 Å². The first kappa shape index (κ1) is 25.4. The van der Waals surface area contributed by atoms with Crippen molar-refractivity contribution in [1.82, 2.24) is 15.1 Å². The van der Waals surface area contributed by atoms with Crippen LogP contribution in [0.4, 0.5) is 0 Å². The first-order valence-electron chi connectivity index (χ1n) is 9.49. The predicted molar refractivity (Wildman–Crippen MR) is 110 cm³/mol. The van der Waals surface area contributed by atoms with Crippen molar-refractivity contribution in [3.63, 3.8) is 0 Å². The molecular weight excluding hydrogens is 375 g/mol. The molecule has 0 aromatic heterocycles. The summed E-state index contributed by atoms with van der Waals surface area (Å²) in [4.78, 5) is 28.4. The number of piperazine rings is 1. The lowest BCUT2D eigenvalue weighted by atomic mass is 9.87. The Balaban J connectivity index is 0.00000312. The van der Waals surface area contributed by atoms with Gasteiger partial charge in [0.2, 0.25) is 11.8 Å². The molecule has 0 spiro atoms. The van der Waals surface area contributed by atoms with Gasteiger partial charge in [-0.3, -0.25) is 14.5 Å². The zero-order chi connectivity index (χ0) is 17.5. The van der Waals surface area contributed by atoms with Gasteiger partial charge in [0, 0.05) is 44.7 Å². The van der Waals surface area contributed by atoms with Gasteiger partial charge in [0.15, 0.2) is 0 Å². The van der Waals surface area contributed by atoms with E-state index in [1.165, 1.54) is 12.8 Å². The fourth-order valence-electron chi connectivity index (χ4n) is 3.55. The van der Waals surface area contributed by atoms with Gasteiger partial charge in [0.05, 0.1) is 6.54 Å². The van der Waals surface area contributed by atoms with E-state index in [-0.39, 0.29) is 42.7 Å². The molecule has 0 radical (unpaired) electrons. The van der Waals surface area contributed by atoms with E-state index in [1.54, 1.807) is 0 Å². The fraction of sp³-hybridized carbons (Fsp3) is 0.889. The van der Waals surface area contributed by atoms with Gasteiger partial charge in [-0.15, -0.1) is 24.8 Å². The van der Waals surface area contributed by atoms with E-state index in [0.717, 1.165) is 38.3 Å². The molecule has 1 saturated carbocycles. The van der Waals surface area contributed by atoms with Crippen molar-refractivity contribution in [2.75, 3.05) is 32.7 Å². The van der Waals surface area contributed by atoms with Crippen LogP contribution in [0.25, 0.3) is 0 Å². The Bertz CT molecular complexity index is 421. The van der Waals surface area contributed by atoms with E-state index in [2.05, 4.69) is 17.1 Å². The van der Waals surface area contributed by atoms with Crippen molar-refractivity contribution >= 4 is 36.6 Å². The molecule has 3 N–H and O–H groups in total. The molecule has 2 rings (SSSR count). The number of nitrogens with one attached hydrogen (secondary N) is 1. The Morgan fingerprint density at radius 3 is 2.19 bits per heavy atom. The maximum atomic E-state index is 12.2. The van der Waals surface area contributed by atoms with Crippen molar-refractivity contribution in [3.8, 4) is 0 Å². The van der Waals surface area contributed by atoms with Crippen LogP contribution in [0.3, 0.4) is 0 Å². The van der Waals surface area contributed by atoms with E-state index >= 15 is 0 Å². The largest absolute Gasteiger partial charge is 0.352 e. The second-order valence-corrected chi connectivity index (χ2v) is 7.70. The number of hydrogen-bond acceptors (Lipinski definition) is 4. The highest BCUT2D eigenvalue weighted by Crippen LogP contribution is 2.23. The van der Waals surface area contributed by atoms with Crippen molar-refractivity contribution in [2.24, 2.45) is 11.7 Å². The number of amides is 2. The quantitative estimate of drug-likeness (QED) is 0.699. The number of rotatable bonds is 6. The summed E-state index contributed by atoms with van der Waals surface area (Å²) < 4.78 is 0. The monoisotopic (exact) mass is 410 g/mol. The zero-order valence-electron chi connectivity index (χ0n) is 16.1. The minimum Gasteiger partial charge on any atom is -0.352 e. The van der Waals surface area contributed by atoms with Crippen molar-refractivity contribution in [3.05, 3.63) is 0 Å². The van der Waals surface area contributed by atoms with Gasteiger partial charge in [-0.1, -0.05) is 6.92 Å². The molecule has 26 heavy (non-hydrogen) atoms. The smallest absolute Gasteiger partial charge is 0.234 e. The molecule has 1 saturated heterocycles. The Morgan fingerprint density at radius 2 is 1.65 bits per heavy atom. The average Bonchev–Trinajstić information content (AvgIpc) is 2.55. The Kier molecular flexibility index (Phi) is 12.5. The van der Waals surface area contributed by atoms with Crippen LogP contribution in [0.2, 0.25) is 0 Å². The molecule has 1 unspecified atom stereocenters. The first-order valence-corrected chi connectivity index (χ1v) is 9.49. The molecule has 6 nitrogen and oxygen atoms in total. The lowest BCUT2D eigenvalue weighted by Gasteiger charge is -2.35. The molecule has 8 heteroatoms. The fourth-order valence-corrected chi connectivity index (χ4v) is 3.55. The van der Waals surface area contributed by atoms with Crippen LogP contribution >= 0.6 is 24.8 Å². The van der Waals surface area contributed by atoms with Crippen LogP contribution in [0, 0.1) is 5.92 Å². The van der Waals surface area contributed by atoms with E-state index in [0.29, 0.717) is 32.1 Å². The van der Waals surface area contributed by atoms with Crippen molar-refractivity contribution in [2.45, 2.75) is 64.5 Å². The van der Waals surface area contributed by atoms with Crippen LogP contribution < -0.4 is 11.1 Å². The van der Waals surface area contributed by atoms with Gasteiger partial charge in [-0.2, -0.15) is 0 Å². The van der Waals surface area contributed by atoms with E-state index < -0.39 is 0 Å². The van der Waals surface area contributed by atoms with Gasteiger partial charge in [0.1, 0.15) is 0 Å². The summed E-state index contributed by atoms with van der Waals surface area (Å²) in [5, 5.41) is 3.18. The molecule has 2 fully saturated rings. The van der Waals surface area contributed by atoms with Crippen molar-refractivity contribution < 1.29 is 9.59 Å². The standard InChI is InChI=1S/C18H34N4O2.2ClH/c1-14-3-6-16(7-4-14)20-17(23)13-21-9-11-22(12-10-21)18(24)8-5-15(2)19;;/h14-16H,3-13,19H2,1-2H3,(H,20,23);2*1H. The summed E-state index contributed by atoms with van der Waals surface area (Å²) in [6.07, 6.45) is 5.91. The van der Waals surface area contributed by atoms with Crippen LogP contribution in [0.1, 0.15) is 52.4 Å². The molecule has 0 aromatic rings. The minimum absolute atomic E-state index is 0. The summed E-state index contributed by atoms with van der Waals surface area (Å²) in [5.74, 6) is 1.12. The van der Waals surface area contributed by atoms with E-state index in [4.69, 9.17) is 5.73 Å². The number of carbonyl (C=O) groups excluding carboxylic acids is 2. The first-order chi connectivity index (χ1) is 11.4. The second-order valence-electron chi connectivity index (χ2n) is 7.70. The third kappa shape index (κ3) is 8.89. The third-order valence-corrected chi connectivity index (χ3v) is 5.29. The predicted octanol–water partition coefficient (Wildman–Crippen LogP) is 1.80. The Hall–Kier alpha value is -0.560. The molecule has 0 bridgehead atoms. The van der Waals surface area contributed by atoms with Gasteiger partial charge in [-0.25, -0.2) is 0 Å². The number of halogens is 2. The topological polar surface area (TPSA) is 78.7 Å². The number of carbonyl (C=O) groups is 2. The van der Waals surface area contributed by atoms with Crippen LogP contribution in [-0.4, -0.2) is 66.4 Å². The Labute approximate surface area is 170 Å². The number of hydrogen-bond donors (Lipinski definition) is 2. The highest BCUT2D eigenvalue weighted by atomic mass is 35.5. The highest BCUT2D eigenvalue weighted by molar-refractivity contribution is 5.85. The maximum absolute atomic E-state index is 12.2. The molecule has 154 valence electrons. The SMILES string of the molecule is CC(N)CCC(=O)N1CCN(CC(=O)NC2CCC(C)CC2)CC1.Cl.Cl. The molecule has 1 aliphatic carbocycles. The lowest BCUT2D eigenvalue weighted by Crippen LogP contribution is -2.52. The zero-order valence-corrected chi connectivity index (χ0v) is 17.7. The van der Waals surface area contributed by atoms with E-state index in [1.807, 2.05) is 11.8 Å². The molecule has 2 aliphatic rings. The second kappa shape index (κ2) is 12.8. The number of nitrogens with zero attached hydrogens (tertiary/aromatic N) is 2. The summed E-state index contributed by atoms with van der Waals surface area (Å²) in [6, 6.07) is 0.427. The maximum Gasteiger partial charge on any atom is 0.234 e.